The Hall–Kier alpha value is -2.92. The molecule has 0 radical (unpaired) electrons. The number of aromatic nitrogens is 2. The van der Waals surface area contributed by atoms with Gasteiger partial charge in [-0.3, -0.25) is 0 Å². The van der Waals surface area contributed by atoms with E-state index in [0.29, 0.717) is 23.8 Å². The number of anilines is 1. The highest BCUT2D eigenvalue weighted by Gasteiger charge is 1.99. The van der Waals surface area contributed by atoms with Gasteiger partial charge >= 0.3 is 0 Å². The summed E-state index contributed by atoms with van der Waals surface area (Å²) in [6.45, 7) is 0.504. The van der Waals surface area contributed by atoms with Crippen LogP contribution in [0.3, 0.4) is 0 Å². The van der Waals surface area contributed by atoms with Crippen molar-refractivity contribution in [1.82, 2.24) is 9.97 Å². The maximum atomic E-state index is 8.78. The van der Waals surface area contributed by atoms with Gasteiger partial charge in [0.05, 0.1) is 11.6 Å². The van der Waals surface area contributed by atoms with Gasteiger partial charge in [0.2, 0.25) is 5.95 Å². The van der Waals surface area contributed by atoms with E-state index in [1.807, 2.05) is 18.2 Å². The Morgan fingerprint density at radius 2 is 2.06 bits per heavy atom. The Bertz CT molecular complexity index is 579. The average molecular weight is 235 g/mol. The Morgan fingerprint density at radius 1 is 1.17 bits per heavy atom. The van der Waals surface area contributed by atoms with Gasteiger partial charge in [-0.1, -0.05) is 12.1 Å². The van der Waals surface area contributed by atoms with Crippen molar-refractivity contribution >= 4 is 5.95 Å². The molecule has 1 aromatic carbocycles. The quantitative estimate of drug-likeness (QED) is 0.877. The zero-order valence-corrected chi connectivity index (χ0v) is 9.46. The zero-order valence-electron chi connectivity index (χ0n) is 9.46. The molecule has 5 heteroatoms. The van der Waals surface area contributed by atoms with Gasteiger partial charge in [-0.25, -0.2) is 9.97 Å². The van der Waals surface area contributed by atoms with Crippen LogP contribution in [-0.2, 0) is 6.54 Å². The SMILES string of the molecule is N#Cc1cccc(CNc2nccc(C#N)n2)c1. The van der Waals surface area contributed by atoms with E-state index < -0.39 is 0 Å². The third-order valence-corrected chi connectivity index (χ3v) is 2.28. The first kappa shape index (κ1) is 11.6. The average Bonchev–Trinajstić information content (AvgIpc) is 2.45. The monoisotopic (exact) mass is 235 g/mol. The molecule has 1 N–H and O–H groups in total. The van der Waals surface area contributed by atoms with Crippen molar-refractivity contribution in [1.29, 1.82) is 10.5 Å². The van der Waals surface area contributed by atoms with Crippen molar-refractivity contribution in [2.75, 3.05) is 5.32 Å². The molecular weight excluding hydrogens is 226 g/mol. The van der Waals surface area contributed by atoms with E-state index >= 15 is 0 Å². The van der Waals surface area contributed by atoms with Crippen LogP contribution in [0.4, 0.5) is 5.95 Å². The maximum absolute atomic E-state index is 8.78. The smallest absolute Gasteiger partial charge is 0.224 e. The molecule has 0 fully saturated rings. The molecule has 1 heterocycles. The standard InChI is InChI=1S/C13H9N5/c14-7-10-2-1-3-11(6-10)9-17-13-16-5-4-12(8-15)18-13/h1-6H,9H2,(H,16,17,18). The molecule has 0 atom stereocenters. The van der Waals surface area contributed by atoms with Gasteiger partial charge in [0.15, 0.2) is 0 Å². The van der Waals surface area contributed by atoms with Gasteiger partial charge in [0, 0.05) is 12.7 Å². The van der Waals surface area contributed by atoms with Crippen molar-refractivity contribution in [3.63, 3.8) is 0 Å². The second-order valence-corrected chi connectivity index (χ2v) is 3.54. The summed E-state index contributed by atoms with van der Waals surface area (Å²) in [5.41, 5.74) is 1.89. The molecule has 2 rings (SSSR count). The molecule has 2 aromatic rings. The Kier molecular flexibility index (Phi) is 3.48. The molecule has 0 saturated carbocycles. The van der Waals surface area contributed by atoms with Gasteiger partial charge in [0.25, 0.3) is 0 Å². The minimum absolute atomic E-state index is 0.318. The predicted octanol–water partition coefficient (Wildman–Crippen LogP) is 1.83. The van der Waals surface area contributed by atoms with E-state index in [4.69, 9.17) is 10.5 Å². The van der Waals surface area contributed by atoms with Crippen LogP contribution in [0.15, 0.2) is 36.5 Å². The number of hydrogen-bond acceptors (Lipinski definition) is 5. The summed E-state index contributed by atoms with van der Waals surface area (Å²) >= 11 is 0. The third kappa shape index (κ3) is 2.81. The predicted molar refractivity (Wildman–Crippen MR) is 65.2 cm³/mol. The van der Waals surface area contributed by atoms with Crippen LogP contribution in [-0.4, -0.2) is 9.97 Å². The van der Waals surface area contributed by atoms with E-state index in [2.05, 4.69) is 21.4 Å². The highest BCUT2D eigenvalue weighted by Crippen LogP contribution is 2.07. The lowest BCUT2D eigenvalue weighted by Crippen LogP contribution is -2.04. The van der Waals surface area contributed by atoms with E-state index in [9.17, 15) is 0 Å². The summed E-state index contributed by atoms with van der Waals surface area (Å²) in [6.07, 6.45) is 1.53. The van der Waals surface area contributed by atoms with Crippen LogP contribution in [0.1, 0.15) is 16.8 Å². The second-order valence-electron chi connectivity index (χ2n) is 3.54. The van der Waals surface area contributed by atoms with Crippen molar-refractivity contribution in [3.8, 4) is 12.1 Å². The van der Waals surface area contributed by atoms with Crippen molar-refractivity contribution in [3.05, 3.63) is 53.3 Å². The minimum Gasteiger partial charge on any atom is -0.350 e. The number of hydrogen-bond donors (Lipinski definition) is 1. The van der Waals surface area contributed by atoms with Crippen LogP contribution in [0.2, 0.25) is 0 Å². The normalized spacial score (nSPS) is 9.22. The Balaban J connectivity index is 2.07. The van der Waals surface area contributed by atoms with E-state index in [0.717, 1.165) is 5.56 Å². The minimum atomic E-state index is 0.318. The Morgan fingerprint density at radius 3 is 2.83 bits per heavy atom. The summed E-state index contributed by atoms with van der Waals surface area (Å²) in [5.74, 6) is 0.399. The largest absolute Gasteiger partial charge is 0.350 e. The fourth-order valence-electron chi connectivity index (χ4n) is 1.44. The fourth-order valence-corrected chi connectivity index (χ4v) is 1.44. The van der Waals surface area contributed by atoms with Gasteiger partial charge in [-0.2, -0.15) is 10.5 Å². The molecule has 5 nitrogen and oxygen atoms in total. The molecule has 0 saturated heterocycles. The molecule has 0 amide bonds. The first-order valence-electron chi connectivity index (χ1n) is 5.28. The first-order chi connectivity index (χ1) is 8.81. The first-order valence-corrected chi connectivity index (χ1v) is 5.28. The molecule has 0 unspecified atom stereocenters. The molecule has 86 valence electrons. The molecule has 0 aliphatic heterocycles. The van der Waals surface area contributed by atoms with Gasteiger partial charge in [-0.05, 0) is 23.8 Å². The number of nitriles is 2. The molecule has 0 spiro atoms. The summed E-state index contributed by atoms with van der Waals surface area (Å²) in [4.78, 5) is 8.01. The van der Waals surface area contributed by atoms with E-state index in [1.165, 1.54) is 6.20 Å². The van der Waals surface area contributed by atoms with E-state index in [1.54, 1.807) is 18.2 Å². The van der Waals surface area contributed by atoms with Crippen LogP contribution < -0.4 is 5.32 Å². The van der Waals surface area contributed by atoms with E-state index in [-0.39, 0.29) is 0 Å². The molecule has 0 aliphatic carbocycles. The van der Waals surface area contributed by atoms with Crippen molar-refractivity contribution in [2.45, 2.75) is 6.54 Å². The van der Waals surface area contributed by atoms with Crippen LogP contribution in [0, 0.1) is 22.7 Å². The highest BCUT2D eigenvalue weighted by atomic mass is 15.1. The van der Waals surface area contributed by atoms with Crippen molar-refractivity contribution in [2.24, 2.45) is 0 Å². The summed E-state index contributed by atoms with van der Waals surface area (Å²) in [5, 5.41) is 20.5. The summed E-state index contributed by atoms with van der Waals surface area (Å²) < 4.78 is 0. The lowest BCUT2D eigenvalue weighted by Gasteiger charge is -2.04. The lowest BCUT2D eigenvalue weighted by molar-refractivity contribution is 1.04. The molecule has 1 aromatic heterocycles. The van der Waals surface area contributed by atoms with Gasteiger partial charge < -0.3 is 5.32 Å². The van der Waals surface area contributed by atoms with Crippen molar-refractivity contribution < 1.29 is 0 Å². The third-order valence-electron chi connectivity index (χ3n) is 2.28. The zero-order chi connectivity index (χ0) is 12.8. The summed E-state index contributed by atoms with van der Waals surface area (Å²) in [7, 11) is 0. The lowest BCUT2D eigenvalue weighted by atomic mass is 10.1. The van der Waals surface area contributed by atoms with Crippen LogP contribution in [0.5, 0.6) is 0 Å². The number of nitrogens with one attached hydrogen (secondary N) is 1. The maximum Gasteiger partial charge on any atom is 0.224 e. The number of rotatable bonds is 3. The molecule has 0 aliphatic rings. The molecular formula is C13H9N5. The van der Waals surface area contributed by atoms with Crippen LogP contribution in [0.25, 0.3) is 0 Å². The molecule has 18 heavy (non-hydrogen) atoms. The topological polar surface area (TPSA) is 85.4 Å². The molecule has 0 bridgehead atoms. The fraction of sp³-hybridized carbons (Fsp3) is 0.0769. The number of benzene rings is 1. The van der Waals surface area contributed by atoms with Crippen LogP contribution >= 0.6 is 0 Å². The summed E-state index contributed by atoms with van der Waals surface area (Å²) in [6, 6.07) is 12.8. The highest BCUT2D eigenvalue weighted by molar-refractivity contribution is 5.36. The Labute approximate surface area is 104 Å². The second kappa shape index (κ2) is 5.42. The van der Waals surface area contributed by atoms with Gasteiger partial charge in [0.1, 0.15) is 11.8 Å². The van der Waals surface area contributed by atoms with Gasteiger partial charge in [-0.15, -0.1) is 0 Å². The number of nitrogens with zero attached hydrogens (tertiary/aromatic N) is 4.